The first kappa shape index (κ1) is 32.9. The normalized spacial score (nSPS) is 22.8. The summed E-state index contributed by atoms with van der Waals surface area (Å²) in [6, 6.07) is 2.62. The molecular weight excluding hydrogens is 642 g/mol. The molecule has 1 saturated heterocycles. The number of hydrogen-bond acceptors (Lipinski definition) is 7. The number of amidine groups is 1. The number of carbonyl (C=O) groups excluding carboxylic acids is 1. The number of nitrogens with one attached hydrogen (secondary N) is 1. The molecule has 2 N–H and O–H groups in total. The topological polar surface area (TPSA) is 125 Å². The van der Waals surface area contributed by atoms with Gasteiger partial charge in [0.15, 0.2) is 11.6 Å². The van der Waals surface area contributed by atoms with Crippen LogP contribution in [0.25, 0.3) is 0 Å². The van der Waals surface area contributed by atoms with E-state index in [9.17, 15) is 26.8 Å². The van der Waals surface area contributed by atoms with Crippen molar-refractivity contribution in [2.75, 3.05) is 19.7 Å². The van der Waals surface area contributed by atoms with Gasteiger partial charge in [-0.25, -0.2) is 35.1 Å². The van der Waals surface area contributed by atoms with Crippen LogP contribution >= 0.6 is 11.6 Å². The third-order valence-electron chi connectivity index (χ3n) is 8.44. The van der Waals surface area contributed by atoms with E-state index in [0.717, 1.165) is 24.3 Å². The number of allylic oxidation sites excluding steroid dienone is 1. The molecule has 1 aliphatic carbocycles. The fourth-order valence-corrected chi connectivity index (χ4v) is 8.32. The SMILES string of the molecule is CCOC(=O)C1=C(C2CCN(S(=O)(=O)[C@H]3C[C@H](C(=O)O)C3)CC2)NC(c2c(F)cc(C)cc2F)=N[C@H]1c1ccc(F)c(F)c1Cl. The number of nitrogens with zero attached hydrogens (tertiary/aromatic N) is 2. The predicted molar refractivity (Wildman–Crippen MR) is 156 cm³/mol. The number of carboxylic acid groups (broad SMARTS) is 1. The molecule has 0 aromatic heterocycles. The zero-order chi connectivity index (χ0) is 32.8. The van der Waals surface area contributed by atoms with Crippen molar-refractivity contribution in [3.63, 3.8) is 0 Å². The summed E-state index contributed by atoms with van der Waals surface area (Å²) in [6.07, 6.45) is 0.344. The lowest BCUT2D eigenvalue weighted by Crippen LogP contribution is -2.50. The Balaban J connectivity index is 1.56. The van der Waals surface area contributed by atoms with Crippen LogP contribution in [0.4, 0.5) is 17.6 Å². The predicted octanol–water partition coefficient (Wildman–Crippen LogP) is 5.02. The van der Waals surface area contributed by atoms with Gasteiger partial charge in [0.2, 0.25) is 10.0 Å². The molecule has 2 aromatic rings. The molecule has 0 radical (unpaired) electrons. The van der Waals surface area contributed by atoms with E-state index in [2.05, 4.69) is 10.3 Å². The molecule has 0 unspecified atom stereocenters. The maximum atomic E-state index is 15.2. The van der Waals surface area contributed by atoms with Crippen LogP contribution in [0, 0.1) is 42.0 Å². The van der Waals surface area contributed by atoms with Gasteiger partial charge in [0.25, 0.3) is 0 Å². The number of benzene rings is 2. The molecule has 45 heavy (non-hydrogen) atoms. The molecular formula is C30H30ClF4N3O6S. The number of esters is 1. The number of sulfonamides is 1. The van der Waals surface area contributed by atoms with Crippen LogP contribution in [0.15, 0.2) is 40.5 Å². The summed E-state index contributed by atoms with van der Waals surface area (Å²) in [5, 5.41) is 10.5. The molecule has 9 nitrogen and oxygen atoms in total. The summed E-state index contributed by atoms with van der Waals surface area (Å²) < 4.78 is 92.1. The lowest BCUT2D eigenvalue weighted by Gasteiger charge is -2.40. The number of hydrogen-bond donors (Lipinski definition) is 2. The monoisotopic (exact) mass is 671 g/mol. The molecule has 2 aromatic carbocycles. The Bertz CT molecular complexity index is 1700. The van der Waals surface area contributed by atoms with Gasteiger partial charge in [0.1, 0.15) is 23.5 Å². The van der Waals surface area contributed by atoms with Gasteiger partial charge in [0.05, 0.1) is 33.9 Å². The molecule has 0 amide bonds. The first-order chi connectivity index (χ1) is 21.2. The molecule has 3 aliphatic rings. The van der Waals surface area contributed by atoms with Crippen LogP contribution in [-0.2, 0) is 24.3 Å². The average Bonchev–Trinajstić information content (AvgIpc) is 2.94. The van der Waals surface area contributed by atoms with Crippen LogP contribution in [0.5, 0.6) is 0 Å². The zero-order valence-electron chi connectivity index (χ0n) is 24.2. The van der Waals surface area contributed by atoms with Crippen molar-refractivity contribution in [1.29, 1.82) is 0 Å². The molecule has 2 heterocycles. The van der Waals surface area contributed by atoms with Crippen molar-refractivity contribution in [1.82, 2.24) is 9.62 Å². The van der Waals surface area contributed by atoms with Gasteiger partial charge in [-0.2, -0.15) is 0 Å². The van der Waals surface area contributed by atoms with Crippen molar-refractivity contribution in [3.05, 3.63) is 80.5 Å². The highest BCUT2D eigenvalue weighted by molar-refractivity contribution is 7.89. The second-order valence-corrected chi connectivity index (χ2v) is 13.9. The number of halogens is 5. The van der Waals surface area contributed by atoms with E-state index >= 15 is 8.78 Å². The first-order valence-electron chi connectivity index (χ1n) is 14.3. The van der Waals surface area contributed by atoms with E-state index < -0.39 is 78.9 Å². The second-order valence-electron chi connectivity index (χ2n) is 11.3. The summed E-state index contributed by atoms with van der Waals surface area (Å²) >= 11 is 6.20. The quantitative estimate of drug-likeness (QED) is 0.229. The number of piperidine rings is 1. The fourth-order valence-electron chi connectivity index (χ4n) is 5.97. The summed E-state index contributed by atoms with van der Waals surface area (Å²) in [4.78, 5) is 29.0. The maximum absolute atomic E-state index is 15.2. The van der Waals surface area contributed by atoms with E-state index in [1.165, 1.54) is 11.2 Å². The van der Waals surface area contributed by atoms with Gasteiger partial charge < -0.3 is 15.2 Å². The van der Waals surface area contributed by atoms with Crippen molar-refractivity contribution in [2.45, 2.75) is 50.8 Å². The number of ether oxygens (including phenoxy) is 1. The van der Waals surface area contributed by atoms with Crippen molar-refractivity contribution in [2.24, 2.45) is 16.8 Å². The number of carboxylic acids is 1. The Hall–Kier alpha value is -3.49. The first-order valence-corrected chi connectivity index (χ1v) is 16.2. The molecule has 2 fully saturated rings. The lowest BCUT2D eigenvalue weighted by molar-refractivity contribution is -0.144. The Morgan fingerprint density at radius 1 is 1.09 bits per heavy atom. The van der Waals surface area contributed by atoms with E-state index in [0.29, 0.717) is 5.56 Å². The number of aliphatic imine (C=N–C) groups is 1. The third kappa shape index (κ3) is 6.19. The highest BCUT2D eigenvalue weighted by atomic mass is 35.5. The number of carbonyl (C=O) groups is 2. The maximum Gasteiger partial charge on any atom is 0.338 e. The Morgan fingerprint density at radius 3 is 2.29 bits per heavy atom. The largest absolute Gasteiger partial charge is 0.481 e. The van der Waals surface area contributed by atoms with Gasteiger partial charge in [-0.05, 0) is 63.3 Å². The Labute approximate surface area is 262 Å². The van der Waals surface area contributed by atoms with Gasteiger partial charge in [-0.15, -0.1) is 0 Å². The van der Waals surface area contributed by atoms with Crippen LogP contribution in [0.3, 0.4) is 0 Å². The summed E-state index contributed by atoms with van der Waals surface area (Å²) in [5.41, 5.74) is -0.423. The number of rotatable bonds is 8. The van der Waals surface area contributed by atoms with Crippen LogP contribution in [-0.4, -0.2) is 60.6 Å². The summed E-state index contributed by atoms with van der Waals surface area (Å²) in [5.74, 6) is -8.15. The van der Waals surface area contributed by atoms with E-state index in [-0.39, 0.29) is 68.0 Å². The minimum absolute atomic E-state index is 0.0128. The van der Waals surface area contributed by atoms with Gasteiger partial charge in [-0.1, -0.05) is 17.7 Å². The Kier molecular flexibility index (Phi) is 9.30. The minimum Gasteiger partial charge on any atom is -0.481 e. The fraction of sp³-hybridized carbons (Fsp3) is 0.433. The smallest absolute Gasteiger partial charge is 0.338 e. The van der Waals surface area contributed by atoms with Gasteiger partial charge in [0, 0.05) is 30.3 Å². The van der Waals surface area contributed by atoms with Crippen molar-refractivity contribution < 1.29 is 45.4 Å². The minimum atomic E-state index is -3.80. The van der Waals surface area contributed by atoms with Crippen LogP contribution in [0.1, 0.15) is 55.3 Å². The molecule has 0 bridgehead atoms. The molecule has 0 spiro atoms. The van der Waals surface area contributed by atoms with Crippen LogP contribution in [0.2, 0.25) is 5.02 Å². The molecule has 1 saturated carbocycles. The second kappa shape index (κ2) is 12.7. The van der Waals surface area contributed by atoms with Gasteiger partial charge in [-0.3, -0.25) is 9.79 Å². The summed E-state index contributed by atoms with van der Waals surface area (Å²) in [7, 11) is -3.80. The highest BCUT2D eigenvalue weighted by Crippen LogP contribution is 2.42. The van der Waals surface area contributed by atoms with Gasteiger partial charge >= 0.3 is 11.9 Å². The standard InChI is InChI=1S/C30H30ClF4N3O6S/c1-3-44-30(41)23-26(15-6-8-38(9-7-15)45(42,43)17-12-16(13-17)29(39)40)36-28(22-20(33)10-14(2)11-21(22)34)37-27(23)18-4-5-19(32)25(35)24(18)31/h4-5,10-11,15-17,27H,3,6-9,12-13H2,1-2H3,(H,36,37)(H,39,40)/t16-,17-,27-/m0/s1. The Morgan fingerprint density at radius 2 is 1.71 bits per heavy atom. The van der Waals surface area contributed by atoms with Crippen molar-refractivity contribution >= 4 is 39.4 Å². The number of aliphatic carboxylic acids is 1. The van der Waals surface area contributed by atoms with E-state index in [1.54, 1.807) is 6.92 Å². The lowest BCUT2D eigenvalue weighted by atomic mass is 9.85. The molecule has 2 aliphatic heterocycles. The van der Waals surface area contributed by atoms with E-state index in [1.807, 2.05) is 0 Å². The van der Waals surface area contributed by atoms with Crippen LogP contribution < -0.4 is 5.32 Å². The zero-order valence-corrected chi connectivity index (χ0v) is 25.8. The van der Waals surface area contributed by atoms with Crippen molar-refractivity contribution in [3.8, 4) is 0 Å². The number of aryl methyl sites for hydroxylation is 1. The third-order valence-corrected chi connectivity index (χ3v) is 11.1. The molecule has 15 heteroatoms. The molecule has 1 atom stereocenters. The molecule has 5 rings (SSSR count). The van der Waals surface area contributed by atoms with E-state index in [4.69, 9.17) is 21.4 Å². The average molecular weight is 672 g/mol. The molecule has 242 valence electrons. The highest BCUT2D eigenvalue weighted by Gasteiger charge is 2.46. The summed E-state index contributed by atoms with van der Waals surface area (Å²) in [6.45, 7) is 3.00.